The standard InChI is InChI=1S/C13H16N2O/c1-14-11-6-3-2-5-10(11)9-12(14)13(16)15-7-4-8-15/h2-3,5-6,12H,4,7-9H2,1H3/t12-/m0/s1. The lowest BCUT2D eigenvalue weighted by Crippen LogP contribution is -2.51. The number of rotatable bonds is 1. The summed E-state index contributed by atoms with van der Waals surface area (Å²) in [6.07, 6.45) is 2.02. The topological polar surface area (TPSA) is 23.6 Å². The Morgan fingerprint density at radius 1 is 1.31 bits per heavy atom. The van der Waals surface area contributed by atoms with Crippen molar-refractivity contribution in [1.82, 2.24) is 4.90 Å². The van der Waals surface area contributed by atoms with Crippen LogP contribution in [-0.4, -0.2) is 37.0 Å². The summed E-state index contributed by atoms with van der Waals surface area (Å²) in [5, 5.41) is 0. The first-order valence-electron chi connectivity index (χ1n) is 5.87. The van der Waals surface area contributed by atoms with Crippen molar-refractivity contribution in [3.8, 4) is 0 Å². The summed E-state index contributed by atoms with van der Waals surface area (Å²) in [6.45, 7) is 1.89. The number of benzene rings is 1. The molecule has 0 aliphatic carbocycles. The van der Waals surface area contributed by atoms with E-state index in [-0.39, 0.29) is 6.04 Å². The third-order valence-electron chi connectivity index (χ3n) is 3.71. The molecule has 1 amide bonds. The van der Waals surface area contributed by atoms with Crippen LogP contribution in [0.5, 0.6) is 0 Å². The van der Waals surface area contributed by atoms with Gasteiger partial charge in [0.05, 0.1) is 0 Å². The molecule has 1 fully saturated rings. The lowest BCUT2D eigenvalue weighted by atomic mass is 10.1. The highest BCUT2D eigenvalue weighted by atomic mass is 16.2. The predicted octanol–water partition coefficient (Wildman–Crippen LogP) is 1.28. The molecule has 1 aromatic rings. The summed E-state index contributed by atoms with van der Waals surface area (Å²) < 4.78 is 0. The number of nitrogens with zero attached hydrogens (tertiary/aromatic N) is 2. The Kier molecular flexibility index (Phi) is 2.13. The Morgan fingerprint density at radius 3 is 2.69 bits per heavy atom. The van der Waals surface area contributed by atoms with Gasteiger partial charge in [-0.3, -0.25) is 4.79 Å². The SMILES string of the molecule is CN1c2ccccc2C[C@H]1C(=O)N1CCC1. The number of likely N-dealkylation sites (tertiary alicyclic amines) is 1. The molecule has 2 aliphatic heterocycles. The molecule has 2 heterocycles. The molecule has 0 aromatic heterocycles. The molecule has 0 saturated carbocycles. The highest BCUT2D eigenvalue weighted by Crippen LogP contribution is 2.31. The summed E-state index contributed by atoms with van der Waals surface area (Å²) in [5.74, 6) is 0.296. The number of carbonyl (C=O) groups excluding carboxylic acids is 1. The van der Waals surface area contributed by atoms with Crippen LogP contribution in [0.2, 0.25) is 0 Å². The zero-order valence-electron chi connectivity index (χ0n) is 9.52. The lowest BCUT2D eigenvalue weighted by Gasteiger charge is -2.35. The van der Waals surface area contributed by atoms with Crippen LogP contribution >= 0.6 is 0 Å². The predicted molar refractivity (Wildman–Crippen MR) is 63.5 cm³/mol. The van der Waals surface area contributed by atoms with Crippen LogP contribution in [0.3, 0.4) is 0 Å². The lowest BCUT2D eigenvalue weighted by molar-refractivity contribution is -0.135. The normalized spacial score (nSPS) is 22.9. The smallest absolute Gasteiger partial charge is 0.245 e. The second-order valence-electron chi connectivity index (χ2n) is 4.64. The van der Waals surface area contributed by atoms with Crippen molar-refractivity contribution in [2.24, 2.45) is 0 Å². The van der Waals surface area contributed by atoms with Gasteiger partial charge in [-0.15, -0.1) is 0 Å². The fraction of sp³-hybridized carbons (Fsp3) is 0.462. The fourth-order valence-electron chi connectivity index (χ4n) is 2.54. The van der Waals surface area contributed by atoms with Gasteiger partial charge >= 0.3 is 0 Å². The van der Waals surface area contributed by atoms with E-state index >= 15 is 0 Å². The zero-order chi connectivity index (χ0) is 11.1. The molecule has 84 valence electrons. The summed E-state index contributed by atoms with van der Waals surface area (Å²) in [6, 6.07) is 8.32. The van der Waals surface area contributed by atoms with Gasteiger partial charge in [0.1, 0.15) is 6.04 Å². The maximum absolute atomic E-state index is 12.2. The molecule has 3 rings (SSSR count). The van der Waals surface area contributed by atoms with Gasteiger partial charge in [-0.05, 0) is 18.1 Å². The molecular weight excluding hydrogens is 200 g/mol. The van der Waals surface area contributed by atoms with Crippen LogP contribution in [0, 0.1) is 0 Å². The minimum absolute atomic E-state index is 0.0256. The zero-order valence-corrected chi connectivity index (χ0v) is 9.52. The average molecular weight is 216 g/mol. The number of para-hydroxylation sites is 1. The fourth-order valence-corrected chi connectivity index (χ4v) is 2.54. The third-order valence-corrected chi connectivity index (χ3v) is 3.71. The van der Waals surface area contributed by atoms with E-state index in [2.05, 4.69) is 17.0 Å². The average Bonchev–Trinajstić information content (AvgIpc) is 2.54. The Balaban J connectivity index is 1.83. The highest BCUT2D eigenvalue weighted by Gasteiger charge is 2.35. The van der Waals surface area contributed by atoms with Gasteiger partial charge < -0.3 is 9.80 Å². The van der Waals surface area contributed by atoms with Gasteiger partial charge in [0, 0.05) is 32.2 Å². The molecule has 16 heavy (non-hydrogen) atoms. The van der Waals surface area contributed by atoms with Crippen LogP contribution in [0.1, 0.15) is 12.0 Å². The number of amides is 1. The molecule has 0 N–H and O–H groups in total. The van der Waals surface area contributed by atoms with Gasteiger partial charge in [-0.2, -0.15) is 0 Å². The number of likely N-dealkylation sites (N-methyl/N-ethyl adjacent to an activating group) is 1. The Morgan fingerprint density at radius 2 is 2.06 bits per heavy atom. The summed E-state index contributed by atoms with van der Waals surface area (Å²) in [5.41, 5.74) is 2.50. The van der Waals surface area contributed by atoms with E-state index in [1.807, 2.05) is 24.1 Å². The van der Waals surface area contributed by atoms with Crippen LogP contribution in [-0.2, 0) is 11.2 Å². The van der Waals surface area contributed by atoms with Crippen LogP contribution < -0.4 is 4.90 Å². The van der Waals surface area contributed by atoms with E-state index in [0.29, 0.717) is 5.91 Å². The Labute approximate surface area is 95.7 Å². The van der Waals surface area contributed by atoms with E-state index in [1.165, 1.54) is 11.3 Å². The summed E-state index contributed by atoms with van der Waals surface area (Å²) in [7, 11) is 2.02. The summed E-state index contributed by atoms with van der Waals surface area (Å²) in [4.78, 5) is 16.3. The number of fused-ring (bicyclic) bond motifs is 1. The van der Waals surface area contributed by atoms with Crippen molar-refractivity contribution in [3.05, 3.63) is 29.8 Å². The maximum atomic E-state index is 12.2. The van der Waals surface area contributed by atoms with Gasteiger partial charge in [0.15, 0.2) is 0 Å². The first-order chi connectivity index (χ1) is 7.77. The molecule has 0 spiro atoms. The number of hydrogen-bond donors (Lipinski definition) is 0. The van der Waals surface area contributed by atoms with E-state index in [0.717, 1.165) is 25.9 Å². The maximum Gasteiger partial charge on any atom is 0.245 e. The Bertz CT molecular complexity index is 426. The first-order valence-corrected chi connectivity index (χ1v) is 5.87. The number of hydrogen-bond acceptors (Lipinski definition) is 2. The molecule has 0 radical (unpaired) electrons. The molecule has 1 atom stereocenters. The van der Waals surface area contributed by atoms with Crippen molar-refractivity contribution < 1.29 is 4.79 Å². The monoisotopic (exact) mass is 216 g/mol. The second kappa shape index (κ2) is 3.51. The van der Waals surface area contributed by atoms with E-state index in [1.54, 1.807) is 0 Å². The van der Waals surface area contributed by atoms with E-state index in [4.69, 9.17) is 0 Å². The molecular formula is C13H16N2O. The minimum Gasteiger partial charge on any atom is -0.362 e. The van der Waals surface area contributed by atoms with Gasteiger partial charge in [0.2, 0.25) is 5.91 Å². The molecule has 3 heteroatoms. The van der Waals surface area contributed by atoms with Crippen molar-refractivity contribution in [2.75, 3.05) is 25.0 Å². The number of anilines is 1. The molecule has 2 aliphatic rings. The molecule has 1 saturated heterocycles. The Hall–Kier alpha value is -1.51. The van der Waals surface area contributed by atoms with E-state index < -0.39 is 0 Å². The van der Waals surface area contributed by atoms with Crippen molar-refractivity contribution in [1.29, 1.82) is 0 Å². The van der Waals surface area contributed by atoms with Crippen LogP contribution in [0.4, 0.5) is 5.69 Å². The van der Waals surface area contributed by atoms with Crippen molar-refractivity contribution in [2.45, 2.75) is 18.9 Å². The van der Waals surface area contributed by atoms with Gasteiger partial charge in [-0.1, -0.05) is 18.2 Å². The van der Waals surface area contributed by atoms with Gasteiger partial charge in [0.25, 0.3) is 0 Å². The molecule has 1 aromatic carbocycles. The van der Waals surface area contributed by atoms with Crippen LogP contribution in [0.25, 0.3) is 0 Å². The highest BCUT2D eigenvalue weighted by molar-refractivity contribution is 5.88. The van der Waals surface area contributed by atoms with Crippen LogP contribution in [0.15, 0.2) is 24.3 Å². The first kappa shape index (κ1) is 9.70. The van der Waals surface area contributed by atoms with E-state index in [9.17, 15) is 4.79 Å². The van der Waals surface area contributed by atoms with Crippen molar-refractivity contribution in [3.63, 3.8) is 0 Å². The molecule has 0 unspecified atom stereocenters. The largest absolute Gasteiger partial charge is 0.362 e. The molecule has 0 bridgehead atoms. The van der Waals surface area contributed by atoms with Crippen molar-refractivity contribution >= 4 is 11.6 Å². The summed E-state index contributed by atoms with van der Waals surface area (Å²) >= 11 is 0. The van der Waals surface area contributed by atoms with Gasteiger partial charge in [-0.25, -0.2) is 0 Å². The minimum atomic E-state index is 0.0256. The second-order valence-corrected chi connectivity index (χ2v) is 4.64. The third kappa shape index (κ3) is 1.31. The number of carbonyl (C=O) groups is 1. The molecule has 3 nitrogen and oxygen atoms in total. The quantitative estimate of drug-likeness (QED) is 0.706.